The van der Waals surface area contributed by atoms with Gasteiger partial charge in [-0.2, -0.15) is 0 Å². The number of aliphatic carboxylic acids is 1. The van der Waals surface area contributed by atoms with Crippen LogP contribution in [0.2, 0.25) is 0 Å². The Bertz CT molecular complexity index is 117. The molecule has 0 aromatic rings. The Morgan fingerprint density at radius 3 is 2.50 bits per heavy atom. The average Bonchev–Trinajstić information content (AvgIpc) is 1.83. The van der Waals surface area contributed by atoms with Crippen LogP contribution in [0.25, 0.3) is 0 Å². The second kappa shape index (κ2) is 7.47. The monoisotopic (exact) mass is 173 g/mol. The summed E-state index contributed by atoms with van der Waals surface area (Å²) in [6.07, 6.45) is 0.724. The Kier molecular flexibility index (Phi) is 9.70. The summed E-state index contributed by atoms with van der Waals surface area (Å²) in [4.78, 5) is 19.6. The van der Waals surface area contributed by atoms with E-state index in [1.54, 1.807) is 0 Å². The van der Waals surface area contributed by atoms with E-state index in [0.717, 1.165) is 0 Å². The van der Waals surface area contributed by atoms with Gasteiger partial charge in [-0.05, 0) is 6.42 Å². The van der Waals surface area contributed by atoms with Crippen LogP contribution in [0.5, 0.6) is 0 Å². The molecule has 0 spiro atoms. The maximum atomic E-state index is 9.85. The van der Waals surface area contributed by atoms with Crippen molar-refractivity contribution in [3.05, 3.63) is 0 Å². The molecular weight excluding hydrogens is 162 g/mol. The Morgan fingerprint density at radius 2 is 2.20 bits per heavy atom. The summed E-state index contributed by atoms with van der Waals surface area (Å²) in [7, 11) is 0. The predicted octanol–water partition coefficient (Wildman–Crippen LogP) is -1.54. The van der Waals surface area contributed by atoms with Gasteiger partial charge in [0.2, 0.25) is 0 Å². The summed E-state index contributed by atoms with van der Waals surface area (Å²) in [6.45, 7) is 0. The molecule has 0 bridgehead atoms. The molecule has 1 atom stereocenters. The van der Waals surface area contributed by atoms with Gasteiger partial charge in [-0.1, -0.05) is 0 Å². The molecule has 0 fully saturated rings. The van der Waals surface area contributed by atoms with Gasteiger partial charge in [0.25, 0.3) is 0 Å². The third kappa shape index (κ3) is 8.36. The number of rotatable bonds is 4. The Balaban J connectivity index is 0. The van der Waals surface area contributed by atoms with Gasteiger partial charge in [0.1, 0.15) is 6.29 Å². The van der Waals surface area contributed by atoms with Crippen molar-refractivity contribution in [1.82, 2.24) is 0 Å². The van der Waals surface area contributed by atoms with E-state index >= 15 is 0 Å². The molecule has 0 aliphatic heterocycles. The van der Waals surface area contributed by atoms with E-state index in [4.69, 9.17) is 10.8 Å². The number of carboxylic acids is 1. The zero-order chi connectivity index (χ0) is 7.28. The van der Waals surface area contributed by atoms with E-state index < -0.39 is 12.0 Å². The van der Waals surface area contributed by atoms with Crippen molar-refractivity contribution in [1.29, 1.82) is 0 Å². The van der Waals surface area contributed by atoms with Crippen molar-refractivity contribution in [3.63, 3.8) is 0 Å². The van der Waals surface area contributed by atoms with Crippen LogP contribution in [0.15, 0.2) is 0 Å². The second-order valence-electron chi connectivity index (χ2n) is 1.73. The van der Waals surface area contributed by atoms with Crippen LogP contribution in [0.3, 0.4) is 0 Å². The van der Waals surface area contributed by atoms with E-state index in [-0.39, 0.29) is 50.6 Å². The van der Waals surface area contributed by atoms with Gasteiger partial charge in [0.15, 0.2) is 0 Å². The third-order valence-corrected chi connectivity index (χ3v) is 0.866. The molecule has 0 aromatic heterocycles. The second-order valence-corrected chi connectivity index (χ2v) is 1.73. The topological polar surface area (TPSA) is 80.4 Å². The molecule has 0 aromatic carbocycles. The van der Waals surface area contributed by atoms with Crippen LogP contribution in [0, 0.1) is 0 Å². The quantitative estimate of drug-likeness (QED) is 0.399. The van der Waals surface area contributed by atoms with Crippen LogP contribution < -0.4 is 5.73 Å². The fourth-order valence-corrected chi connectivity index (χ4v) is 0.358. The molecule has 4 nitrogen and oxygen atoms in total. The molecular formula is C5H11CaNO3. The van der Waals surface area contributed by atoms with E-state index in [1.165, 1.54) is 0 Å². The minimum atomic E-state index is -0.924. The first-order valence-electron chi connectivity index (χ1n) is 2.59. The molecule has 0 amide bonds. The van der Waals surface area contributed by atoms with Gasteiger partial charge >= 0.3 is 43.7 Å². The predicted molar refractivity (Wildman–Crippen MR) is 39.5 cm³/mol. The third-order valence-electron chi connectivity index (χ3n) is 0.866. The van der Waals surface area contributed by atoms with Gasteiger partial charge in [-0.3, -0.25) is 4.79 Å². The number of carbonyl (C=O) groups excluding carboxylic acids is 1. The number of aldehydes is 1. The summed E-state index contributed by atoms with van der Waals surface area (Å²) in [6, 6.07) is -0.624. The summed E-state index contributed by atoms with van der Waals surface area (Å²) in [5, 5.41) is 8.09. The number of carboxylic acid groups (broad SMARTS) is 1. The molecule has 5 heteroatoms. The van der Waals surface area contributed by atoms with Crippen LogP contribution in [0.1, 0.15) is 12.8 Å². The Morgan fingerprint density at radius 1 is 1.70 bits per heavy atom. The Hall–Kier alpha value is 0.360. The molecule has 0 heterocycles. The van der Waals surface area contributed by atoms with Crippen molar-refractivity contribution in [3.8, 4) is 0 Å². The van der Waals surface area contributed by atoms with Crippen LogP contribution in [-0.2, 0) is 9.59 Å². The first-order chi connectivity index (χ1) is 4.16. The van der Waals surface area contributed by atoms with Gasteiger partial charge in [-0.15, -0.1) is 0 Å². The number of hydrogen-bond acceptors (Lipinski definition) is 3. The van der Waals surface area contributed by atoms with Crippen molar-refractivity contribution in [2.24, 2.45) is 5.73 Å². The van der Waals surface area contributed by atoms with E-state index in [2.05, 4.69) is 0 Å². The fourth-order valence-electron chi connectivity index (χ4n) is 0.358. The molecule has 3 N–H and O–H groups in total. The summed E-state index contributed by atoms with van der Waals surface area (Å²) in [5.74, 6) is -0.924. The molecule has 56 valence electrons. The van der Waals surface area contributed by atoms with Crippen LogP contribution in [0.4, 0.5) is 0 Å². The number of carbonyl (C=O) groups is 2. The fraction of sp³-hybridized carbons (Fsp3) is 0.600. The van der Waals surface area contributed by atoms with Crippen molar-refractivity contribution in [2.45, 2.75) is 18.9 Å². The van der Waals surface area contributed by atoms with Gasteiger partial charge in [-0.25, -0.2) is 0 Å². The van der Waals surface area contributed by atoms with Crippen molar-refractivity contribution >= 4 is 50.0 Å². The summed E-state index contributed by atoms with van der Waals surface area (Å²) >= 11 is 0. The van der Waals surface area contributed by atoms with Gasteiger partial charge in [0.05, 0.1) is 6.04 Å². The molecule has 0 saturated heterocycles. The SMILES string of the molecule is N[C@H](C=O)CCC(=O)O.[CaH2]. The van der Waals surface area contributed by atoms with Crippen molar-refractivity contribution in [2.75, 3.05) is 0 Å². The molecule has 0 radical (unpaired) electrons. The zero-order valence-electron chi connectivity index (χ0n) is 4.91. The Labute approximate surface area is 88.8 Å². The first kappa shape index (κ1) is 13.0. The maximum absolute atomic E-state index is 9.85. The van der Waals surface area contributed by atoms with Crippen molar-refractivity contribution < 1.29 is 14.7 Å². The van der Waals surface area contributed by atoms with Crippen LogP contribution >= 0.6 is 0 Å². The number of nitrogens with two attached hydrogens (primary N) is 1. The zero-order valence-corrected chi connectivity index (χ0v) is 4.91. The summed E-state index contributed by atoms with van der Waals surface area (Å²) < 4.78 is 0. The van der Waals surface area contributed by atoms with E-state index in [0.29, 0.717) is 6.29 Å². The van der Waals surface area contributed by atoms with E-state index in [1.807, 2.05) is 0 Å². The molecule has 0 rings (SSSR count). The average molecular weight is 173 g/mol. The molecule has 0 saturated carbocycles. The molecule has 0 unspecified atom stereocenters. The van der Waals surface area contributed by atoms with Gasteiger partial charge < -0.3 is 15.6 Å². The number of hydrogen-bond donors (Lipinski definition) is 2. The minimum absolute atomic E-state index is 0. The molecule has 10 heavy (non-hydrogen) atoms. The normalized spacial score (nSPS) is 11.3. The van der Waals surface area contributed by atoms with E-state index in [9.17, 15) is 9.59 Å². The summed E-state index contributed by atoms with van der Waals surface area (Å²) in [5.41, 5.74) is 5.09. The molecule has 0 aliphatic rings. The van der Waals surface area contributed by atoms with Gasteiger partial charge in [0, 0.05) is 6.42 Å². The molecule has 0 aliphatic carbocycles. The van der Waals surface area contributed by atoms with Crippen LogP contribution in [-0.4, -0.2) is 61.1 Å². The first-order valence-corrected chi connectivity index (χ1v) is 2.59. The standard InChI is InChI=1S/C5H9NO3.Ca.2H/c6-4(3-7)1-2-5(8)9;;;/h3-4H,1-2,6H2,(H,8,9);;;/t4-;;;/m0.../s1.